The Morgan fingerprint density at radius 2 is 1.51 bits per heavy atom. The van der Waals surface area contributed by atoms with Crippen LogP contribution in [0.25, 0.3) is 57.5 Å². The van der Waals surface area contributed by atoms with Gasteiger partial charge in [-0.2, -0.15) is 0 Å². The summed E-state index contributed by atoms with van der Waals surface area (Å²) >= 11 is 7.45. The topological polar surface area (TPSA) is 94.7 Å². The van der Waals surface area contributed by atoms with Crippen molar-refractivity contribution in [3.8, 4) is 11.1 Å². The summed E-state index contributed by atoms with van der Waals surface area (Å²) in [7, 11) is 0. The normalized spacial score (nSPS) is 12.3. The van der Waals surface area contributed by atoms with Gasteiger partial charge in [-0.1, -0.05) is 19.1 Å². The third kappa shape index (κ3) is 4.36. The van der Waals surface area contributed by atoms with Crippen molar-refractivity contribution in [2.24, 2.45) is 0 Å². The molecule has 1 aromatic carbocycles. The number of nitrogens with one attached hydrogen (secondary N) is 2. The molecule has 2 aliphatic rings. The van der Waals surface area contributed by atoms with E-state index in [1.165, 1.54) is 0 Å². The number of rotatable bonds is 3. The van der Waals surface area contributed by atoms with Crippen LogP contribution in [0.15, 0.2) is 57.5 Å². The average molecular weight is 616 g/mol. The number of benzene rings is 1. The first-order valence-corrected chi connectivity index (χ1v) is 13.3. The number of halogens is 2. The van der Waals surface area contributed by atoms with E-state index in [1.807, 2.05) is 73.7 Å². The van der Waals surface area contributed by atoms with E-state index in [1.54, 1.807) is 6.07 Å². The molecule has 6 nitrogen and oxygen atoms in total. The predicted octanol–water partition coefficient (Wildman–Crippen LogP) is 8.11. The molecule has 3 N–H and O–H groups in total. The number of carbonyl (C=O) groups is 1. The third-order valence-electron chi connectivity index (χ3n) is 6.40. The van der Waals surface area contributed by atoms with E-state index in [0.29, 0.717) is 5.56 Å². The van der Waals surface area contributed by atoms with Crippen LogP contribution in [0.4, 0.5) is 0 Å². The highest BCUT2D eigenvalue weighted by Gasteiger charge is 2.18. The lowest BCUT2D eigenvalue weighted by Crippen LogP contribution is -2.01. The lowest BCUT2D eigenvalue weighted by Gasteiger charge is -2.08. The molecule has 6 rings (SSSR count). The number of aromatic carboxylic acids is 1. The second-order valence-corrected chi connectivity index (χ2v) is 10.4. The quantitative estimate of drug-likeness (QED) is 0.187. The number of hydrogen-bond donors (Lipinski definition) is 3. The average Bonchev–Trinajstić information content (AvgIpc) is 3.70. The molecular formula is C29H20Br2N4O2. The van der Waals surface area contributed by atoms with Gasteiger partial charge in [-0.25, -0.2) is 14.8 Å². The first-order valence-electron chi connectivity index (χ1n) is 11.7. The maximum absolute atomic E-state index is 12.2. The highest BCUT2D eigenvalue weighted by Crippen LogP contribution is 2.36. The lowest BCUT2D eigenvalue weighted by molar-refractivity contribution is 0.0697. The number of fused-ring (bicyclic) bond motifs is 8. The summed E-state index contributed by atoms with van der Waals surface area (Å²) in [5, 5.41) is 10.0. The van der Waals surface area contributed by atoms with Crippen LogP contribution in [0.1, 0.15) is 45.6 Å². The van der Waals surface area contributed by atoms with E-state index in [2.05, 4.69) is 41.8 Å². The van der Waals surface area contributed by atoms with Gasteiger partial charge in [0.15, 0.2) is 0 Å². The summed E-state index contributed by atoms with van der Waals surface area (Å²) in [6.07, 6.45) is 8.56. The molecular weight excluding hydrogens is 596 g/mol. The molecule has 3 aromatic heterocycles. The fraction of sp³-hybridized carbons (Fsp3) is 0.0690. The van der Waals surface area contributed by atoms with E-state index in [4.69, 9.17) is 9.97 Å². The maximum atomic E-state index is 12.2. The molecule has 5 heterocycles. The fourth-order valence-corrected chi connectivity index (χ4v) is 5.52. The summed E-state index contributed by atoms with van der Waals surface area (Å²) < 4.78 is 1.60. The first-order chi connectivity index (χ1) is 17.9. The number of aromatic nitrogens is 4. The second-order valence-electron chi connectivity index (χ2n) is 8.81. The first kappa shape index (κ1) is 23.6. The number of aryl methyl sites for hydroxylation is 1. The molecule has 0 amide bonds. The van der Waals surface area contributed by atoms with Gasteiger partial charge >= 0.3 is 5.97 Å². The molecule has 2 aliphatic heterocycles. The summed E-state index contributed by atoms with van der Waals surface area (Å²) in [4.78, 5) is 28.7. The number of H-pyrrole nitrogens is 2. The molecule has 4 aromatic rings. The van der Waals surface area contributed by atoms with Crippen LogP contribution < -0.4 is 0 Å². The SMILES string of the molecule is CCc1ccc(-c2cc3cc4nc(c(Br)c5ccc(cc6nc(c(Br)c2[nH]3)C=C6)[nH]5)C=C4)c(C(=O)O)c1. The molecule has 37 heavy (non-hydrogen) atoms. The van der Waals surface area contributed by atoms with Crippen molar-refractivity contribution in [3.63, 3.8) is 0 Å². The number of hydrogen-bond acceptors (Lipinski definition) is 3. The second kappa shape index (κ2) is 9.28. The molecule has 182 valence electrons. The van der Waals surface area contributed by atoms with Crippen LogP contribution in [0.3, 0.4) is 0 Å². The van der Waals surface area contributed by atoms with Crippen molar-refractivity contribution in [2.45, 2.75) is 13.3 Å². The van der Waals surface area contributed by atoms with E-state index in [0.717, 1.165) is 71.3 Å². The van der Waals surface area contributed by atoms with E-state index in [9.17, 15) is 9.90 Å². The Morgan fingerprint density at radius 3 is 2.22 bits per heavy atom. The van der Waals surface area contributed by atoms with Gasteiger partial charge in [-0.3, -0.25) is 0 Å². The zero-order valence-electron chi connectivity index (χ0n) is 19.6. The molecule has 8 heteroatoms. The Hall–Kier alpha value is -3.75. The van der Waals surface area contributed by atoms with Crippen molar-refractivity contribution < 1.29 is 9.90 Å². The molecule has 0 radical (unpaired) electrons. The minimum Gasteiger partial charge on any atom is -0.478 e. The van der Waals surface area contributed by atoms with Gasteiger partial charge in [0.2, 0.25) is 0 Å². The standard InChI is InChI=1S/C29H20Br2N4O2/c1-2-15-3-7-20(22(11-15)29(36)37)21-14-19-13-18-5-9-24(33-18)26(30)23-8-4-16(32-23)12-17-6-10-25(34-17)27(31)28(21)35-19/h3-14,32,35H,2H2,1H3,(H,36,37). The predicted molar refractivity (Wildman–Crippen MR) is 156 cm³/mol. The molecule has 0 unspecified atom stereocenters. The number of carboxylic acids is 1. The van der Waals surface area contributed by atoms with Crippen molar-refractivity contribution in [3.05, 3.63) is 91.4 Å². The van der Waals surface area contributed by atoms with Crippen LogP contribution in [0, 0.1) is 0 Å². The van der Waals surface area contributed by atoms with Crippen LogP contribution in [0.5, 0.6) is 0 Å². The van der Waals surface area contributed by atoms with Gasteiger partial charge in [0.1, 0.15) is 0 Å². The Labute approximate surface area is 229 Å². The van der Waals surface area contributed by atoms with Crippen LogP contribution in [-0.2, 0) is 6.42 Å². The van der Waals surface area contributed by atoms with Crippen molar-refractivity contribution >= 4 is 84.2 Å². The number of carboxylic acid groups (broad SMARTS) is 1. The summed E-state index contributed by atoms with van der Waals surface area (Å²) in [6.45, 7) is 2.01. The summed E-state index contributed by atoms with van der Waals surface area (Å²) in [6, 6.07) is 15.5. The Bertz CT molecular complexity index is 1830. The monoisotopic (exact) mass is 614 g/mol. The summed E-state index contributed by atoms with van der Waals surface area (Å²) in [5.41, 5.74) is 9.15. The zero-order chi connectivity index (χ0) is 25.7. The van der Waals surface area contributed by atoms with Crippen LogP contribution in [0.2, 0.25) is 0 Å². The highest BCUT2D eigenvalue weighted by atomic mass is 79.9. The minimum absolute atomic E-state index is 0.261. The lowest BCUT2D eigenvalue weighted by atomic mass is 9.97. The maximum Gasteiger partial charge on any atom is 0.336 e. The molecule has 0 aliphatic carbocycles. The minimum atomic E-state index is -0.964. The van der Waals surface area contributed by atoms with E-state index >= 15 is 0 Å². The van der Waals surface area contributed by atoms with E-state index in [-0.39, 0.29) is 5.56 Å². The molecule has 0 fully saturated rings. The molecule has 0 saturated carbocycles. The fourth-order valence-electron chi connectivity index (χ4n) is 4.53. The van der Waals surface area contributed by atoms with Gasteiger partial charge in [0.05, 0.1) is 48.3 Å². The number of aromatic amines is 2. The van der Waals surface area contributed by atoms with E-state index < -0.39 is 5.97 Å². The van der Waals surface area contributed by atoms with Gasteiger partial charge in [0, 0.05) is 16.6 Å². The Balaban J connectivity index is 1.72. The summed E-state index contributed by atoms with van der Waals surface area (Å²) in [5.74, 6) is -0.964. The van der Waals surface area contributed by atoms with Gasteiger partial charge in [0.25, 0.3) is 0 Å². The van der Waals surface area contributed by atoms with Crippen LogP contribution in [-0.4, -0.2) is 31.0 Å². The van der Waals surface area contributed by atoms with Crippen molar-refractivity contribution in [1.29, 1.82) is 0 Å². The highest BCUT2D eigenvalue weighted by molar-refractivity contribution is 9.11. The van der Waals surface area contributed by atoms with Crippen molar-refractivity contribution in [1.82, 2.24) is 19.9 Å². The zero-order valence-corrected chi connectivity index (χ0v) is 22.8. The molecule has 0 saturated heterocycles. The van der Waals surface area contributed by atoms with Crippen LogP contribution >= 0.6 is 31.9 Å². The number of nitrogens with zero attached hydrogens (tertiary/aromatic N) is 2. The van der Waals surface area contributed by atoms with Gasteiger partial charge < -0.3 is 15.1 Å². The van der Waals surface area contributed by atoms with Gasteiger partial charge in [-0.05, 0) is 110 Å². The third-order valence-corrected chi connectivity index (χ3v) is 8.03. The Kier molecular flexibility index (Phi) is 5.93. The van der Waals surface area contributed by atoms with Crippen molar-refractivity contribution in [2.75, 3.05) is 0 Å². The molecule has 0 spiro atoms. The smallest absolute Gasteiger partial charge is 0.336 e. The largest absolute Gasteiger partial charge is 0.478 e. The molecule has 8 bridgehead atoms. The van der Waals surface area contributed by atoms with Gasteiger partial charge in [-0.15, -0.1) is 0 Å². The molecule has 0 atom stereocenters. The Morgan fingerprint density at radius 1 is 0.811 bits per heavy atom.